The van der Waals surface area contributed by atoms with E-state index in [1.807, 2.05) is 67.6 Å². The lowest BCUT2D eigenvalue weighted by atomic mass is 9.84. The highest BCUT2D eigenvalue weighted by atomic mass is 32.2. The highest BCUT2D eigenvalue weighted by Gasteiger charge is 2.30. The molecule has 0 bridgehead atoms. The van der Waals surface area contributed by atoms with E-state index in [1.54, 1.807) is 12.1 Å². The van der Waals surface area contributed by atoms with Gasteiger partial charge in [-0.1, -0.05) is 60.7 Å². The van der Waals surface area contributed by atoms with Crippen molar-refractivity contribution in [3.05, 3.63) is 106 Å². The van der Waals surface area contributed by atoms with Gasteiger partial charge in [0.2, 0.25) is 5.91 Å². The third kappa shape index (κ3) is 4.58. The number of thioether (sulfide) groups is 1. The molecule has 3 aromatic rings. The van der Waals surface area contributed by atoms with Crippen molar-refractivity contribution < 1.29 is 9.72 Å². The molecule has 0 aliphatic rings. The number of nitrogens with one attached hydrogen (secondary N) is 1. The predicted octanol–water partition coefficient (Wildman–Crippen LogP) is 4.77. The van der Waals surface area contributed by atoms with Gasteiger partial charge in [0.15, 0.2) is 0 Å². The highest BCUT2D eigenvalue weighted by molar-refractivity contribution is 8.00. The molecule has 1 N–H and O–H groups in total. The van der Waals surface area contributed by atoms with Crippen molar-refractivity contribution in [3.8, 4) is 0 Å². The van der Waals surface area contributed by atoms with Crippen LogP contribution in [0.3, 0.4) is 0 Å². The Morgan fingerprint density at radius 2 is 1.43 bits per heavy atom. The fourth-order valence-electron chi connectivity index (χ4n) is 2.98. The molecule has 0 spiro atoms. The van der Waals surface area contributed by atoms with Crippen molar-refractivity contribution in [2.75, 3.05) is 5.75 Å². The zero-order chi connectivity index (χ0) is 20.0. The van der Waals surface area contributed by atoms with Crippen LogP contribution in [0.25, 0.3) is 0 Å². The van der Waals surface area contributed by atoms with Crippen LogP contribution in [0.15, 0.2) is 89.8 Å². The van der Waals surface area contributed by atoms with E-state index < -0.39 is 10.5 Å². The van der Waals surface area contributed by atoms with Gasteiger partial charge in [-0.2, -0.15) is 0 Å². The fourth-order valence-corrected chi connectivity index (χ4v) is 3.68. The number of carbonyl (C=O) groups is 1. The van der Waals surface area contributed by atoms with Gasteiger partial charge in [0.05, 0.1) is 16.2 Å². The molecule has 0 unspecified atom stereocenters. The Balaban J connectivity index is 1.74. The lowest BCUT2D eigenvalue weighted by molar-refractivity contribution is -0.384. The normalized spacial score (nSPS) is 11.0. The number of rotatable bonds is 7. The molecule has 3 aromatic carbocycles. The first-order chi connectivity index (χ1) is 13.5. The van der Waals surface area contributed by atoms with Crippen LogP contribution in [-0.4, -0.2) is 16.6 Å². The van der Waals surface area contributed by atoms with Crippen molar-refractivity contribution in [2.45, 2.75) is 17.4 Å². The number of hydrogen-bond acceptors (Lipinski definition) is 4. The zero-order valence-electron chi connectivity index (χ0n) is 15.4. The third-order valence-corrected chi connectivity index (χ3v) is 5.52. The minimum Gasteiger partial charge on any atom is -0.342 e. The maximum absolute atomic E-state index is 12.7. The Morgan fingerprint density at radius 1 is 0.929 bits per heavy atom. The van der Waals surface area contributed by atoms with Gasteiger partial charge in [-0.05, 0) is 30.2 Å². The summed E-state index contributed by atoms with van der Waals surface area (Å²) < 4.78 is 0. The summed E-state index contributed by atoms with van der Waals surface area (Å²) in [6.45, 7) is 1.99. The summed E-state index contributed by atoms with van der Waals surface area (Å²) in [7, 11) is 0. The smallest absolute Gasteiger partial charge is 0.269 e. The molecule has 0 saturated carbocycles. The summed E-state index contributed by atoms with van der Waals surface area (Å²) in [5, 5.41) is 13.9. The number of benzene rings is 3. The zero-order valence-corrected chi connectivity index (χ0v) is 16.2. The summed E-state index contributed by atoms with van der Waals surface area (Å²) >= 11 is 1.35. The molecule has 0 radical (unpaired) electrons. The van der Waals surface area contributed by atoms with Gasteiger partial charge < -0.3 is 5.32 Å². The fraction of sp³-hybridized carbons (Fsp3) is 0.136. The Hall–Kier alpha value is -3.12. The van der Waals surface area contributed by atoms with Crippen LogP contribution in [0.2, 0.25) is 0 Å². The van der Waals surface area contributed by atoms with Crippen LogP contribution in [0.1, 0.15) is 18.1 Å². The number of nitro benzene ring substituents is 1. The molecule has 0 aromatic heterocycles. The van der Waals surface area contributed by atoms with Crippen LogP contribution < -0.4 is 5.32 Å². The number of non-ortho nitro benzene ring substituents is 1. The van der Waals surface area contributed by atoms with Gasteiger partial charge in [0, 0.05) is 17.0 Å². The molecule has 0 atom stereocenters. The van der Waals surface area contributed by atoms with E-state index in [4.69, 9.17) is 0 Å². The van der Waals surface area contributed by atoms with E-state index in [0.29, 0.717) is 0 Å². The Kier molecular flexibility index (Phi) is 6.11. The Morgan fingerprint density at radius 3 is 1.89 bits per heavy atom. The SMILES string of the molecule is CC(NC(=O)CSc1ccc([N+](=O)[O-])cc1)(c1ccccc1)c1ccccc1. The van der Waals surface area contributed by atoms with Crippen LogP contribution in [-0.2, 0) is 10.3 Å². The van der Waals surface area contributed by atoms with Crippen molar-refractivity contribution in [2.24, 2.45) is 0 Å². The van der Waals surface area contributed by atoms with Gasteiger partial charge in [-0.3, -0.25) is 14.9 Å². The van der Waals surface area contributed by atoms with Crippen LogP contribution in [0.5, 0.6) is 0 Å². The first kappa shape index (κ1) is 19.6. The molecule has 5 nitrogen and oxygen atoms in total. The Bertz CT molecular complexity index is 905. The molecule has 0 fully saturated rings. The molecule has 28 heavy (non-hydrogen) atoms. The number of amides is 1. The van der Waals surface area contributed by atoms with Gasteiger partial charge in [-0.15, -0.1) is 11.8 Å². The van der Waals surface area contributed by atoms with Gasteiger partial charge in [0.25, 0.3) is 5.69 Å². The average molecular weight is 392 g/mol. The lowest BCUT2D eigenvalue weighted by Crippen LogP contribution is -2.45. The summed E-state index contributed by atoms with van der Waals surface area (Å²) in [4.78, 5) is 23.8. The quantitative estimate of drug-likeness (QED) is 0.357. The maximum atomic E-state index is 12.7. The van der Waals surface area contributed by atoms with Crippen LogP contribution in [0, 0.1) is 10.1 Å². The van der Waals surface area contributed by atoms with E-state index in [2.05, 4.69) is 5.32 Å². The molecule has 0 heterocycles. The molecule has 0 aliphatic heterocycles. The van der Waals surface area contributed by atoms with Crippen LogP contribution in [0.4, 0.5) is 5.69 Å². The summed E-state index contributed by atoms with van der Waals surface area (Å²) in [6, 6.07) is 25.9. The predicted molar refractivity (Wildman–Crippen MR) is 111 cm³/mol. The number of hydrogen-bond donors (Lipinski definition) is 1. The molecule has 3 rings (SSSR count). The lowest BCUT2D eigenvalue weighted by Gasteiger charge is -2.32. The second-order valence-electron chi connectivity index (χ2n) is 6.44. The molecule has 0 aliphatic carbocycles. The molecule has 1 amide bonds. The van der Waals surface area contributed by atoms with Gasteiger partial charge >= 0.3 is 0 Å². The van der Waals surface area contributed by atoms with Crippen molar-refractivity contribution in [1.82, 2.24) is 5.32 Å². The first-order valence-corrected chi connectivity index (χ1v) is 9.77. The third-order valence-electron chi connectivity index (χ3n) is 4.51. The summed E-state index contributed by atoms with van der Waals surface area (Å²) in [6.07, 6.45) is 0. The average Bonchev–Trinajstić information content (AvgIpc) is 2.73. The number of nitrogens with zero attached hydrogens (tertiary/aromatic N) is 1. The van der Waals surface area contributed by atoms with E-state index >= 15 is 0 Å². The first-order valence-electron chi connectivity index (χ1n) is 8.78. The van der Waals surface area contributed by atoms with Crippen molar-refractivity contribution >= 4 is 23.4 Å². The van der Waals surface area contributed by atoms with Crippen LogP contribution >= 0.6 is 11.8 Å². The van der Waals surface area contributed by atoms with E-state index in [1.165, 1.54) is 23.9 Å². The minimum absolute atomic E-state index is 0.0366. The summed E-state index contributed by atoms with van der Waals surface area (Å²) in [5.41, 5.74) is 1.37. The largest absolute Gasteiger partial charge is 0.342 e. The number of nitro groups is 1. The molecule has 0 saturated heterocycles. The molecule has 6 heteroatoms. The van der Waals surface area contributed by atoms with E-state index in [-0.39, 0.29) is 17.3 Å². The second kappa shape index (κ2) is 8.71. The maximum Gasteiger partial charge on any atom is 0.269 e. The van der Waals surface area contributed by atoms with Gasteiger partial charge in [-0.25, -0.2) is 0 Å². The summed E-state index contributed by atoms with van der Waals surface area (Å²) in [5.74, 6) is 0.103. The standard InChI is InChI=1S/C22H20N2O3S/c1-22(17-8-4-2-5-9-17,18-10-6-3-7-11-18)23-21(25)16-28-20-14-12-19(13-15-20)24(26)27/h2-15H,16H2,1H3,(H,23,25). The molecule has 142 valence electrons. The van der Waals surface area contributed by atoms with E-state index in [9.17, 15) is 14.9 Å². The Labute approximate surface area is 167 Å². The second-order valence-corrected chi connectivity index (χ2v) is 7.49. The van der Waals surface area contributed by atoms with Crippen molar-refractivity contribution in [3.63, 3.8) is 0 Å². The van der Waals surface area contributed by atoms with Gasteiger partial charge in [0.1, 0.15) is 0 Å². The van der Waals surface area contributed by atoms with Crippen molar-refractivity contribution in [1.29, 1.82) is 0 Å². The number of carbonyl (C=O) groups excluding carboxylic acids is 1. The topological polar surface area (TPSA) is 72.2 Å². The highest BCUT2D eigenvalue weighted by Crippen LogP contribution is 2.29. The van der Waals surface area contributed by atoms with E-state index in [0.717, 1.165) is 16.0 Å². The molecular weight excluding hydrogens is 372 g/mol. The monoisotopic (exact) mass is 392 g/mol. The molecular formula is C22H20N2O3S. The minimum atomic E-state index is -0.657.